The maximum absolute atomic E-state index is 13.4. The highest BCUT2D eigenvalue weighted by Crippen LogP contribution is 2.37. The topological polar surface area (TPSA) is 46.2 Å². The Morgan fingerprint density at radius 1 is 1.42 bits per heavy atom. The molecule has 19 heavy (non-hydrogen) atoms. The Hall–Kier alpha value is -0.650. The van der Waals surface area contributed by atoms with Gasteiger partial charge in [0.1, 0.15) is 11.6 Å². The maximum Gasteiger partial charge on any atom is 0.136 e. The first-order chi connectivity index (χ1) is 9.05. The number of halogens is 2. The van der Waals surface area contributed by atoms with E-state index in [2.05, 4.69) is 0 Å². The molecule has 1 aliphatic carbocycles. The molecule has 1 fully saturated rings. The van der Waals surface area contributed by atoms with Crippen LogP contribution < -0.4 is 5.73 Å². The van der Waals surface area contributed by atoms with Crippen molar-refractivity contribution in [3.63, 3.8) is 0 Å². The lowest BCUT2D eigenvalue weighted by Gasteiger charge is -2.29. The largest absolute Gasteiger partial charge is 0.394 e. The number of aliphatic hydroxyl groups excluding tert-OH is 1. The van der Waals surface area contributed by atoms with Gasteiger partial charge in [0, 0.05) is 10.4 Å². The van der Waals surface area contributed by atoms with E-state index in [1.807, 2.05) is 0 Å². The molecule has 2 rings (SSSR count). The number of hydrogen-bond acceptors (Lipinski definition) is 3. The summed E-state index contributed by atoms with van der Waals surface area (Å²) >= 11 is 1.31. The molecule has 0 saturated heterocycles. The zero-order valence-electron chi connectivity index (χ0n) is 10.7. The quantitative estimate of drug-likeness (QED) is 0.819. The average Bonchev–Trinajstić information content (AvgIpc) is 2.76. The first-order valence-electron chi connectivity index (χ1n) is 6.53. The van der Waals surface area contributed by atoms with Gasteiger partial charge in [0.25, 0.3) is 0 Å². The molecule has 0 heterocycles. The summed E-state index contributed by atoms with van der Waals surface area (Å²) in [5, 5.41) is 9.35. The van der Waals surface area contributed by atoms with Gasteiger partial charge in [0.2, 0.25) is 0 Å². The lowest BCUT2D eigenvalue weighted by Crippen LogP contribution is -2.47. The van der Waals surface area contributed by atoms with Gasteiger partial charge in [-0.1, -0.05) is 6.42 Å². The van der Waals surface area contributed by atoms with Crippen LogP contribution in [0.15, 0.2) is 23.1 Å². The van der Waals surface area contributed by atoms with Crippen molar-refractivity contribution in [2.75, 3.05) is 12.4 Å². The van der Waals surface area contributed by atoms with E-state index in [9.17, 15) is 13.9 Å². The smallest absolute Gasteiger partial charge is 0.136 e. The second-order valence-electron chi connectivity index (χ2n) is 5.19. The Morgan fingerprint density at radius 3 is 2.95 bits per heavy atom. The second kappa shape index (κ2) is 6.20. The van der Waals surface area contributed by atoms with E-state index >= 15 is 0 Å². The van der Waals surface area contributed by atoms with E-state index in [1.54, 1.807) is 0 Å². The van der Waals surface area contributed by atoms with Crippen molar-refractivity contribution in [3.05, 3.63) is 29.8 Å². The Bertz CT molecular complexity index is 443. The predicted molar refractivity (Wildman–Crippen MR) is 73.0 cm³/mol. The van der Waals surface area contributed by atoms with E-state index < -0.39 is 11.4 Å². The van der Waals surface area contributed by atoms with Gasteiger partial charge in [-0.2, -0.15) is 0 Å². The highest BCUT2D eigenvalue weighted by Gasteiger charge is 2.38. The monoisotopic (exact) mass is 287 g/mol. The van der Waals surface area contributed by atoms with Crippen molar-refractivity contribution >= 4 is 11.8 Å². The van der Waals surface area contributed by atoms with Crippen molar-refractivity contribution in [2.45, 2.75) is 36.1 Å². The van der Waals surface area contributed by atoms with Gasteiger partial charge in [-0.3, -0.25) is 0 Å². The van der Waals surface area contributed by atoms with E-state index in [0.717, 1.165) is 37.8 Å². The molecule has 0 aliphatic heterocycles. The van der Waals surface area contributed by atoms with Crippen LogP contribution in [-0.2, 0) is 0 Å². The number of hydrogen-bond donors (Lipinski definition) is 2. The summed E-state index contributed by atoms with van der Waals surface area (Å²) < 4.78 is 26.5. The van der Waals surface area contributed by atoms with Crippen molar-refractivity contribution in [1.82, 2.24) is 0 Å². The fourth-order valence-corrected chi connectivity index (χ4v) is 3.73. The van der Waals surface area contributed by atoms with E-state index in [4.69, 9.17) is 5.73 Å². The van der Waals surface area contributed by atoms with Crippen molar-refractivity contribution in [2.24, 2.45) is 11.7 Å². The summed E-state index contributed by atoms with van der Waals surface area (Å²) in [5.41, 5.74) is 5.66. The molecule has 1 aromatic rings. The second-order valence-corrected chi connectivity index (χ2v) is 6.33. The normalized spacial score (nSPS) is 26.8. The molecule has 1 aliphatic rings. The molecule has 0 bridgehead atoms. The van der Waals surface area contributed by atoms with Crippen molar-refractivity contribution in [3.8, 4) is 0 Å². The summed E-state index contributed by atoms with van der Waals surface area (Å²) in [6.07, 6.45) is 3.69. The van der Waals surface area contributed by atoms with Crippen LogP contribution in [0.4, 0.5) is 8.78 Å². The minimum Gasteiger partial charge on any atom is -0.394 e. The standard InChI is InChI=1S/C14H19F2NOS/c15-11-3-4-12(16)13(8-11)19-7-5-10-2-1-6-14(10,17)9-18/h3-4,8,10,18H,1-2,5-7,9,17H2. The molecule has 1 saturated carbocycles. The fourth-order valence-electron chi connectivity index (χ4n) is 2.71. The number of aliphatic hydroxyl groups is 1. The van der Waals surface area contributed by atoms with Gasteiger partial charge in [0.05, 0.1) is 6.61 Å². The van der Waals surface area contributed by atoms with Crippen LogP contribution in [0.1, 0.15) is 25.7 Å². The molecule has 2 unspecified atom stereocenters. The summed E-state index contributed by atoms with van der Waals surface area (Å²) in [4.78, 5) is 0.338. The van der Waals surface area contributed by atoms with E-state index in [0.29, 0.717) is 10.6 Å². The van der Waals surface area contributed by atoms with Gasteiger partial charge < -0.3 is 10.8 Å². The van der Waals surface area contributed by atoms with Crippen LogP contribution in [-0.4, -0.2) is 23.0 Å². The Kier molecular flexibility index (Phi) is 4.81. The van der Waals surface area contributed by atoms with Gasteiger partial charge in [-0.05, 0) is 49.1 Å². The number of benzene rings is 1. The molecule has 2 atom stereocenters. The molecule has 106 valence electrons. The Morgan fingerprint density at radius 2 is 2.21 bits per heavy atom. The molecule has 5 heteroatoms. The Balaban J connectivity index is 1.88. The van der Waals surface area contributed by atoms with Gasteiger partial charge in [0.15, 0.2) is 0 Å². The zero-order chi connectivity index (χ0) is 13.9. The van der Waals surface area contributed by atoms with Crippen LogP contribution in [0.25, 0.3) is 0 Å². The highest BCUT2D eigenvalue weighted by atomic mass is 32.2. The molecule has 3 N–H and O–H groups in total. The van der Waals surface area contributed by atoms with Gasteiger partial charge in [-0.25, -0.2) is 8.78 Å². The third-order valence-electron chi connectivity index (χ3n) is 3.92. The first kappa shape index (κ1) is 14.8. The minimum atomic E-state index is -0.485. The molecule has 2 nitrogen and oxygen atoms in total. The third-order valence-corrected chi connectivity index (χ3v) is 4.98. The predicted octanol–water partition coefficient (Wildman–Crippen LogP) is 2.94. The lowest BCUT2D eigenvalue weighted by molar-refractivity contribution is 0.158. The first-order valence-corrected chi connectivity index (χ1v) is 7.51. The van der Waals surface area contributed by atoms with Crippen LogP contribution in [0.3, 0.4) is 0 Å². The highest BCUT2D eigenvalue weighted by molar-refractivity contribution is 7.99. The van der Waals surface area contributed by atoms with Crippen molar-refractivity contribution < 1.29 is 13.9 Å². The van der Waals surface area contributed by atoms with Gasteiger partial charge >= 0.3 is 0 Å². The molecule has 0 aromatic heterocycles. The molecular weight excluding hydrogens is 268 g/mol. The van der Waals surface area contributed by atoms with Gasteiger partial charge in [-0.15, -0.1) is 11.8 Å². The summed E-state index contributed by atoms with van der Waals surface area (Å²) in [6, 6.07) is 3.48. The van der Waals surface area contributed by atoms with Crippen LogP contribution in [0.2, 0.25) is 0 Å². The van der Waals surface area contributed by atoms with Crippen LogP contribution >= 0.6 is 11.8 Å². The number of rotatable bonds is 5. The average molecular weight is 287 g/mol. The molecule has 0 amide bonds. The maximum atomic E-state index is 13.4. The fraction of sp³-hybridized carbons (Fsp3) is 0.571. The van der Waals surface area contributed by atoms with E-state index in [1.165, 1.54) is 17.8 Å². The summed E-state index contributed by atoms with van der Waals surface area (Å²) in [6.45, 7) is -0.00331. The van der Waals surface area contributed by atoms with Crippen LogP contribution in [0, 0.1) is 17.6 Å². The molecular formula is C14H19F2NOS. The Labute approximate surface area is 116 Å². The number of nitrogens with two attached hydrogens (primary N) is 1. The van der Waals surface area contributed by atoms with Crippen LogP contribution in [0.5, 0.6) is 0 Å². The van der Waals surface area contributed by atoms with E-state index in [-0.39, 0.29) is 18.3 Å². The molecule has 0 radical (unpaired) electrons. The summed E-state index contributed by atoms with van der Waals surface area (Å²) in [7, 11) is 0. The minimum absolute atomic E-state index is 0.00331. The zero-order valence-corrected chi connectivity index (χ0v) is 11.6. The molecule has 1 aromatic carbocycles. The van der Waals surface area contributed by atoms with Crippen molar-refractivity contribution in [1.29, 1.82) is 0 Å². The lowest BCUT2D eigenvalue weighted by atomic mass is 9.87. The number of thioether (sulfide) groups is 1. The molecule has 0 spiro atoms. The third kappa shape index (κ3) is 3.46. The summed E-state index contributed by atoms with van der Waals surface area (Å²) in [5.74, 6) is 0.137. The SMILES string of the molecule is NC1(CO)CCCC1CCSc1cc(F)ccc1F.